The van der Waals surface area contributed by atoms with E-state index >= 15 is 0 Å². The third-order valence-corrected chi connectivity index (χ3v) is 3.30. The first-order valence-electron chi connectivity index (χ1n) is 6.45. The molecule has 3 nitrogen and oxygen atoms in total. The maximum Gasteiger partial charge on any atom is 0.417 e. The minimum atomic E-state index is -4.54. The van der Waals surface area contributed by atoms with E-state index in [1.54, 1.807) is 6.07 Å². The number of hydrogen-bond acceptors (Lipinski definition) is 3. The SMILES string of the molecule is N#Cc1ccc(OCC2CCCNC2)cc1C(F)(F)F. The van der Waals surface area contributed by atoms with Gasteiger partial charge in [0.2, 0.25) is 0 Å². The van der Waals surface area contributed by atoms with Gasteiger partial charge in [0.05, 0.1) is 23.8 Å². The van der Waals surface area contributed by atoms with Gasteiger partial charge in [-0.15, -0.1) is 0 Å². The number of benzene rings is 1. The standard InChI is InChI=1S/C14H15F3N2O/c15-14(16,17)13-6-12(4-3-11(13)7-18)20-9-10-2-1-5-19-8-10/h3-4,6,10,19H,1-2,5,8-9H2. The summed E-state index contributed by atoms with van der Waals surface area (Å²) in [6.45, 7) is 2.18. The van der Waals surface area contributed by atoms with Crippen LogP contribution in [0.1, 0.15) is 24.0 Å². The molecule has 108 valence electrons. The van der Waals surface area contributed by atoms with Crippen molar-refractivity contribution in [2.45, 2.75) is 19.0 Å². The molecule has 1 N–H and O–H groups in total. The van der Waals surface area contributed by atoms with E-state index < -0.39 is 11.7 Å². The molecule has 0 radical (unpaired) electrons. The predicted molar refractivity (Wildman–Crippen MR) is 67.2 cm³/mol. The summed E-state index contributed by atoms with van der Waals surface area (Å²) < 4.78 is 43.8. The quantitative estimate of drug-likeness (QED) is 0.928. The van der Waals surface area contributed by atoms with E-state index in [0.29, 0.717) is 12.5 Å². The van der Waals surface area contributed by atoms with Crippen molar-refractivity contribution >= 4 is 0 Å². The Morgan fingerprint density at radius 1 is 1.40 bits per heavy atom. The Balaban J connectivity index is 2.07. The molecule has 2 rings (SSSR count). The van der Waals surface area contributed by atoms with Crippen molar-refractivity contribution in [3.8, 4) is 11.8 Å². The minimum Gasteiger partial charge on any atom is -0.493 e. The maximum atomic E-state index is 12.8. The lowest BCUT2D eigenvalue weighted by Gasteiger charge is -2.23. The highest BCUT2D eigenvalue weighted by atomic mass is 19.4. The van der Waals surface area contributed by atoms with Crippen molar-refractivity contribution in [3.05, 3.63) is 29.3 Å². The predicted octanol–water partition coefficient (Wildman–Crippen LogP) is 2.96. The fourth-order valence-corrected chi connectivity index (χ4v) is 2.23. The van der Waals surface area contributed by atoms with Crippen molar-refractivity contribution in [3.63, 3.8) is 0 Å². The lowest BCUT2D eigenvalue weighted by molar-refractivity contribution is -0.137. The fourth-order valence-electron chi connectivity index (χ4n) is 2.23. The van der Waals surface area contributed by atoms with Crippen molar-refractivity contribution in [2.75, 3.05) is 19.7 Å². The summed E-state index contributed by atoms with van der Waals surface area (Å²) in [5, 5.41) is 11.9. The van der Waals surface area contributed by atoms with Crippen LogP contribution in [0, 0.1) is 17.2 Å². The monoisotopic (exact) mass is 284 g/mol. The van der Waals surface area contributed by atoms with E-state index in [-0.39, 0.29) is 11.3 Å². The average Bonchev–Trinajstić information content (AvgIpc) is 2.45. The number of nitriles is 1. The molecule has 1 aromatic carbocycles. The van der Waals surface area contributed by atoms with Gasteiger partial charge in [0.25, 0.3) is 0 Å². The van der Waals surface area contributed by atoms with Crippen LogP contribution in [-0.4, -0.2) is 19.7 Å². The zero-order valence-corrected chi connectivity index (χ0v) is 10.8. The lowest BCUT2D eigenvalue weighted by atomic mass is 10.0. The third kappa shape index (κ3) is 3.64. The lowest BCUT2D eigenvalue weighted by Crippen LogP contribution is -2.33. The molecule has 1 aliphatic heterocycles. The van der Waals surface area contributed by atoms with Gasteiger partial charge in [0.15, 0.2) is 0 Å². The van der Waals surface area contributed by atoms with Crippen molar-refractivity contribution in [1.82, 2.24) is 5.32 Å². The summed E-state index contributed by atoms with van der Waals surface area (Å²) in [7, 11) is 0. The minimum absolute atomic E-state index is 0.155. The molecule has 0 amide bonds. The van der Waals surface area contributed by atoms with Crippen LogP contribution in [0.25, 0.3) is 0 Å². The third-order valence-electron chi connectivity index (χ3n) is 3.30. The van der Waals surface area contributed by atoms with Crippen LogP contribution in [-0.2, 0) is 6.18 Å². The molecule has 0 saturated carbocycles. The topological polar surface area (TPSA) is 45.0 Å². The van der Waals surface area contributed by atoms with Gasteiger partial charge in [-0.05, 0) is 37.6 Å². The first-order valence-corrected chi connectivity index (χ1v) is 6.45. The van der Waals surface area contributed by atoms with Crippen molar-refractivity contribution in [2.24, 2.45) is 5.92 Å². The van der Waals surface area contributed by atoms with Gasteiger partial charge in [-0.1, -0.05) is 0 Å². The second-order valence-electron chi connectivity index (χ2n) is 4.84. The highest BCUT2D eigenvalue weighted by Gasteiger charge is 2.34. The first-order chi connectivity index (χ1) is 9.50. The summed E-state index contributed by atoms with van der Waals surface area (Å²) in [5.41, 5.74) is -1.33. The molecule has 1 atom stereocenters. The first kappa shape index (κ1) is 14.7. The molecule has 1 aromatic rings. The van der Waals surface area contributed by atoms with Gasteiger partial charge in [-0.3, -0.25) is 0 Å². The van der Waals surface area contributed by atoms with E-state index in [1.165, 1.54) is 6.07 Å². The van der Waals surface area contributed by atoms with Crippen LogP contribution >= 0.6 is 0 Å². The van der Waals surface area contributed by atoms with Crippen molar-refractivity contribution < 1.29 is 17.9 Å². The van der Waals surface area contributed by atoms with E-state index in [4.69, 9.17) is 10.00 Å². The maximum absolute atomic E-state index is 12.8. The van der Waals surface area contributed by atoms with Crippen LogP contribution in [0.4, 0.5) is 13.2 Å². The van der Waals surface area contributed by atoms with Gasteiger partial charge in [-0.2, -0.15) is 18.4 Å². The molecule has 1 unspecified atom stereocenters. The number of rotatable bonds is 3. The van der Waals surface area contributed by atoms with Crippen LogP contribution in [0.5, 0.6) is 5.75 Å². The zero-order chi connectivity index (χ0) is 14.6. The van der Waals surface area contributed by atoms with Crippen LogP contribution in [0.2, 0.25) is 0 Å². The highest BCUT2D eigenvalue weighted by molar-refractivity contribution is 5.44. The molecule has 20 heavy (non-hydrogen) atoms. The van der Waals surface area contributed by atoms with E-state index in [9.17, 15) is 13.2 Å². The number of piperidine rings is 1. The number of ether oxygens (including phenoxy) is 1. The number of nitrogens with one attached hydrogen (secondary N) is 1. The molecule has 0 bridgehead atoms. The Morgan fingerprint density at radius 2 is 2.20 bits per heavy atom. The largest absolute Gasteiger partial charge is 0.493 e. The molecule has 0 spiro atoms. The summed E-state index contributed by atoms with van der Waals surface area (Å²) in [5.74, 6) is 0.468. The number of halogens is 3. The highest BCUT2D eigenvalue weighted by Crippen LogP contribution is 2.34. The number of nitrogens with zero attached hydrogens (tertiary/aromatic N) is 1. The van der Waals surface area contributed by atoms with Crippen LogP contribution in [0.3, 0.4) is 0 Å². The Hall–Kier alpha value is -1.74. The molecular formula is C14H15F3N2O. The Labute approximate surface area is 115 Å². The molecule has 0 aliphatic carbocycles. The second kappa shape index (κ2) is 6.14. The van der Waals surface area contributed by atoms with Gasteiger partial charge in [0, 0.05) is 12.5 Å². The molecule has 1 aliphatic rings. The number of hydrogen-bond donors (Lipinski definition) is 1. The molecule has 6 heteroatoms. The summed E-state index contributed by atoms with van der Waals surface area (Å²) in [4.78, 5) is 0. The smallest absolute Gasteiger partial charge is 0.417 e. The molecular weight excluding hydrogens is 269 g/mol. The average molecular weight is 284 g/mol. The zero-order valence-electron chi connectivity index (χ0n) is 10.8. The van der Waals surface area contributed by atoms with E-state index in [1.807, 2.05) is 0 Å². The van der Waals surface area contributed by atoms with Crippen LogP contribution in [0.15, 0.2) is 18.2 Å². The molecule has 1 fully saturated rings. The second-order valence-corrected chi connectivity index (χ2v) is 4.84. The molecule has 1 heterocycles. The van der Waals surface area contributed by atoms with Crippen LogP contribution < -0.4 is 10.1 Å². The van der Waals surface area contributed by atoms with Gasteiger partial charge in [0.1, 0.15) is 5.75 Å². The normalized spacial score (nSPS) is 19.4. The Kier molecular flexibility index (Phi) is 4.50. The van der Waals surface area contributed by atoms with Gasteiger partial charge >= 0.3 is 6.18 Å². The fraction of sp³-hybridized carbons (Fsp3) is 0.500. The van der Waals surface area contributed by atoms with E-state index in [2.05, 4.69) is 5.32 Å². The van der Waals surface area contributed by atoms with Gasteiger partial charge in [-0.25, -0.2) is 0 Å². The van der Waals surface area contributed by atoms with Crippen molar-refractivity contribution in [1.29, 1.82) is 5.26 Å². The van der Waals surface area contributed by atoms with Gasteiger partial charge < -0.3 is 10.1 Å². The Bertz CT molecular complexity index is 502. The molecule has 0 aromatic heterocycles. The summed E-state index contributed by atoms with van der Waals surface area (Å²) in [6, 6.07) is 5.00. The number of alkyl halides is 3. The molecule has 1 saturated heterocycles. The summed E-state index contributed by atoms with van der Waals surface area (Å²) >= 11 is 0. The van der Waals surface area contributed by atoms with E-state index in [0.717, 1.165) is 38.1 Å². The Morgan fingerprint density at radius 3 is 2.80 bits per heavy atom. The summed E-state index contributed by atoms with van der Waals surface area (Å²) in [6.07, 6.45) is -2.48.